The molecule has 0 nitrogen and oxygen atoms in total. The predicted molar refractivity (Wildman–Crippen MR) is 55.2 cm³/mol. The summed E-state index contributed by atoms with van der Waals surface area (Å²) >= 11 is 23.6. The van der Waals surface area contributed by atoms with Gasteiger partial charge in [-0.2, -0.15) is 0 Å². The summed E-state index contributed by atoms with van der Waals surface area (Å²) in [6, 6.07) is -2.43. The number of halogens is 4. The normalized spacial score (nSPS) is 33.8. The Morgan fingerprint density at radius 1 is 0.909 bits per heavy atom. The van der Waals surface area contributed by atoms with Crippen molar-refractivity contribution >= 4 is 50.8 Å². The fraction of sp³-hybridized carbons (Fsp3) is 1.00. The molecular weight excluding hydrogens is 242 g/mol. The standard InChI is InChI=1S/C6H10Cl4Si/c7-5-1-3-6(4-2-5)11(8,9)10/h5-6H,1-4H2. The van der Waals surface area contributed by atoms with Gasteiger partial charge in [-0.3, -0.25) is 0 Å². The summed E-state index contributed by atoms with van der Waals surface area (Å²) < 4.78 is 0. The van der Waals surface area contributed by atoms with Gasteiger partial charge >= 0.3 is 6.00 Å². The van der Waals surface area contributed by atoms with Gasteiger partial charge in [-0.25, -0.2) is 0 Å². The van der Waals surface area contributed by atoms with E-state index in [0.717, 1.165) is 25.7 Å². The van der Waals surface area contributed by atoms with E-state index in [4.69, 9.17) is 44.8 Å². The van der Waals surface area contributed by atoms with Gasteiger partial charge in [-0.15, -0.1) is 44.8 Å². The third-order valence-corrected chi connectivity index (χ3v) is 6.84. The van der Waals surface area contributed by atoms with Crippen LogP contribution in [0.25, 0.3) is 0 Å². The van der Waals surface area contributed by atoms with Crippen molar-refractivity contribution in [3.8, 4) is 0 Å². The molecule has 0 atom stereocenters. The number of hydrogen-bond acceptors (Lipinski definition) is 0. The van der Waals surface area contributed by atoms with E-state index in [9.17, 15) is 0 Å². The second-order valence-corrected chi connectivity index (χ2v) is 12.6. The summed E-state index contributed by atoms with van der Waals surface area (Å²) in [5, 5.41) is 0.313. The van der Waals surface area contributed by atoms with E-state index in [0.29, 0.717) is 10.9 Å². The Kier molecular flexibility index (Phi) is 3.86. The summed E-state index contributed by atoms with van der Waals surface area (Å²) in [6.07, 6.45) is 4.01. The molecule has 0 aromatic rings. The van der Waals surface area contributed by atoms with Crippen LogP contribution in [-0.2, 0) is 0 Å². The van der Waals surface area contributed by atoms with Crippen molar-refractivity contribution in [3.05, 3.63) is 0 Å². The fourth-order valence-corrected chi connectivity index (χ4v) is 4.58. The Bertz CT molecular complexity index is 125. The lowest BCUT2D eigenvalue weighted by molar-refractivity contribution is 0.507. The monoisotopic (exact) mass is 250 g/mol. The summed E-state index contributed by atoms with van der Waals surface area (Å²) in [6.45, 7) is 0. The summed E-state index contributed by atoms with van der Waals surface area (Å²) in [5.41, 5.74) is 0.336. The lowest BCUT2D eigenvalue weighted by Gasteiger charge is -2.28. The molecule has 1 aliphatic rings. The fourth-order valence-electron chi connectivity index (χ4n) is 1.38. The molecule has 0 amide bonds. The molecule has 5 heteroatoms. The van der Waals surface area contributed by atoms with E-state index in [1.807, 2.05) is 0 Å². The van der Waals surface area contributed by atoms with Crippen LogP contribution in [0.15, 0.2) is 0 Å². The summed E-state index contributed by atoms with van der Waals surface area (Å²) in [5.74, 6) is 0. The molecule has 0 aliphatic heterocycles. The zero-order valence-electron chi connectivity index (χ0n) is 5.99. The van der Waals surface area contributed by atoms with E-state index in [2.05, 4.69) is 0 Å². The van der Waals surface area contributed by atoms with Gasteiger partial charge in [-0.05, 0) is 31.2 Å². The van der Waals surface area contributed by atoms with E-state index in [-0.39, 0.29) is 0 Å². The Morgan fingerprint density at radius 3 is 1.73 bits per heavy atom. The minimum absolute atomic E-state index is 0.313. The Morgan fingerprint density at radius 2 is 1.36 bits per heavy atom. The van der Waals surface area contributed by atoms with Crippen molar-refractivity contribution < 1.29 is 0 Å². The van der Waals surface area contributed by atoms with Crippen LogP contribution in [0.4, 0.5) is 0 Å². The molecule has 0 aromatic heterocycles. The average molecular weight is 252 g/mol. The molecule has 1 aliphatic carbocycles. The lowest BCUT2D eigenvalue weighted by Crippen LogP contribution is -2.25. The SMILES string of the molecule is ClC1CCC([Si](Cl)(Cl)Cl)CC1. The molecule has 0 bridgehead atoms. The highest BCUT2D eigenvalue weighted by Gasteiger charge is 2.38. The van der Waals surface area contributed by atoms with E-state index < -0.39 is 6.00 Å². The highest BCUT2D eigenvalue weighted by Crippen LogP contribution is 2.44. The molecule has 1 fully saturated rings. The number of alkyl halides is 1. The molecule has 0 N–H and O–H groups in total. The van der Waals surface area contributed by atoms with Gasteiger partial charge in [0.1, 0.15) is 0 Å². The number of rotatable bonds is 1. The maximum Gasteiger partial charge on any atom is 0.344 e. The molecule has 0 unspecified atom stereocenters. The van der Waals surface area contributed by atoms with Gasteiger partial charge in [0.25, 0.3) is 0 Å². The molecule has 0 aromatic carbocycles. The number of hydrogen-bond donors (Lipinski definition) is 0. The Hall–Kier alpha value is 1.38. The molecule has 1 rings (SSSR count). The van der Waals surface area contributed by atoms with Crippen molar-refractivity contribution in [1.82, 2.24) is 0 Å². The third-order valence-electron chi connectivity index (χ3n) is 2.12. The van der Waals surface area contributed by atoms with Gasteiger partial charge in [0.2, 0.25) is 0 Å². The lowest BCUT2D eigenvalue weighted by atomic mass is 10.00. The van der Waals surface area contributed by atoms with Crippen molar-refractivity contribution in [2.75, 3.05) is 0 Å². The molecule has 11 heavy (non-hydrogen) atoms. The Balaban J connectivity index is 2.39. The molecule has 0 radical (unpaired) electrons. The topological polar surface area (TPSA) is 0 Å². The molecule has 66 valence electrons. The smallest absolute Gasteiger partial charge is 0.126 e. The van der Waals surface area contributed by atoms with Crippen molar-refractivity contribution in [2.45, 2.75) is 36.6 Å². The summed E-state index contributed by atoms with van der Waals surface area (Å²) in [4.78, 5) is 0. The minimum Gasteiger partial charge on any atom is -0.126 e. The van der Waals surface area contributed by atoms with Crippen LogP contribution >= 0.6 is 44.8 Å². The van der Waals surface area contributed by atoms with Crippen molar-refractivity contribution in [1.29, 1.82) is 0 Å². The van der Waals surface area contributed by atoms with Crippen LogP contribution in [0.2, 0.25) is 5.54 Å². The first-order valence-electron chi connectivity index (χ1n) is 3.71. The Labute approximate surface area is 87.3 Å². The molecule has 0 spiro atoms. The van der Waals surface area contributed by atoms with Crippen LogP contribution in [0.3, 0.4) is 0 Å². The van der Waals surface area contributed by atoms with E-state index in [1.54, 1.807) is 0 Å². The van der Waals surface area contributed by atoms with Crippen LogP contribution < -0.4 is 0 Å². The predicted octanol–water partition coefficient (Wildman–Crippen LogP) is 4.19. The largest absolute Gasteiger partial charge is 0.344 e. The van der Waals surface area contributed by atoms with E-state index in [1.165, 1.54) is 0 Å². The highest BCUT2D eigenvalue weighted by atomic mass is 35.8. The van der Waals surface area contributed by atoms with Gasteiger partial charge in [0.15, 0.2) is 0 Å². The van der Waals surface area contributed by atoms with Crippen LogP contribution in [0.5, 0.6) is 0 Å². The zero-order valence-corrected chi connectivity index (χ0v) is 10.0. The molecule has 0 heterocycles. The quantitative estimate of drug-likeness (QED) is 0.373. The second-order valence-electron chi connectivity index (χ2n) is 2.99. The van der Waals surface area contributed by atoms with Gasteiger partial charge in [0, 0.05) is 5.38 Å². The van der Waals surface area contributed by atoms with Gasteiger partial charge in [0.05, 0.1) is 0 Å². The first-order valence-corrected chi connectivity index (χ1v) is 9.26. The molecular formula is C6H10Cl4Si. The van der Waals surface area contributed by atoms with Gasteiger partial charge in [-0.1, -0.05) is 0 Å². The molecule has 0 saturated heterocycles. The zero-order chi connectivity index (χ0) is 8.48. The van der Waals surface area contributed by atoms with Gasteiger partial charge < -0.3 is 0 Å². The van der Waals surface area contributed by atoms with Crippen molar-refractivity contribution in [3.63, 3.8) is 0 Å². The van der Waals surface area contributed by atoms with Crippen molar-refractivity contribution in [2.24, 2.45) is 0 Å². The first-order chi connectivity index (χ1) is 5.00. The highest BCUT2D eigenvalue weighted by molar-refractivity contribution is 7.65. The summed E-state index contributed by atoms with van der Waals surface area (Å²) in [7, 11) is 0. The average Bonchev–Trinajstić information content (AvgIpc) is 1.86. The maximum absolute atomic E-state index is 5.92. The van der Waals surface area contributed by atoms with Crippen LogP contribution in [-0.4, -0.2) is 11.4 Å². The second kappa shape index (κ2) is 4.06. The first kappa shape index (κ1) is 10.5. The van der Waals surface area contributed by atoms with Crippen LogP contribution in [0.1, 0.15) is 25.7 Å². The third kappa shape index (κ3) is 3.31. The van der Waals surface area contributed by atoms with Crippen LogP contribution in [0, 0.1) is 0 Å². The molecule has 1 saturated carbocycles. The van der Waals surface area contributed by atoms with E-state index >= 15 is 0 Å². The minimum atomic E-state index is -2.43. The maximum atomic E-state index is 5.92.